The summed E-state index contributed by atoms with van der Waals surface area (Å²) >= 11 is 0. The zero-order chi connectivity index (χ0) is 15.0. The van der Waals surface area contributed by atoms with Crippen LogP contribution in [0.3, 0.4) is 0 Å². The first-order valence-corrected chi connectivity index (χ1v) is 6.86. The van der Waals surface area contributed by atoms with Crippen molar-refractivity contribution in [2.24, 2.45) is 10.9 Å². The summed E-state index contributed by atoms with van der Waals surface area (Å²) < 4.78 is 0. The Morgan fingerprint density at radius 3 is 2.50 bits per heavy atom. The predicted octanol–water partition coefficient (Wildman–Crippen LogP) is 1.91. The summed E-state index contributed by atoms with van der Waals surface area (Å²) in [5.41, 5.74) is 7.80. The number of carbonyl (C=O) groups excluding carboxylic acids is 1. The standard InChI is InChI=1S/C15H23N3O2/c1-3-18(11-10-14(16)17-20)15(19)9-8-13-6-4-12(2)5-7-13/h4-7,20H,3,8-11H2,1-2H3,(H2,16,17). The normalized spacial score (nSPS) is 11.4. The molecule has 0 saturated heterocycles. The molecule has 0 fully saturated rings. The highest BCUT2D eigenvalue weighted by atomic mass is 16.4. The Morgan fingerprint density at radius 1 is 1.30 bits per heavy atom. The average molecular weight is 277 g/mol. The summed E-state index contributed by atoms with van der Waals surface area (Å²) in [4.78, 5) is 13.8. The lowest BCUT2D eigenvalue weighted by Gasteiger charge is -2.20. The van der Waals surface area contributed by atoms with Gasteiger partial charge in [-0.1, -0.05) is 35.0 Å². The topological polar surface area (TPSA) is 78.9 Å². The quantitative estimate of drug-likeness (QED) is 0.346. The summed E-state index contributed by atoms with van der Waals surface area (Å²) in [5, 5.41) is 11.4. The summed E-state index contributed by atoms with van der Waals surface area (Å²) in [7, 11) is 0. The van der Waals surface area contributed by atoms with Crippen LogP contribution in [0.15, 0.2) is 29.4 Å². The molecule has 5 nitrogen and oxygen atoms in total. The molecule has 20 heavy (non-hydrogen) atoms. The fraction of sp³-hybridized carbons (Fsp3) is 0.467. The number of carbonyl (C=O) groups is 1. The number of rotatable bonds is 7. The fourth-order valence-corrected chi connectivity index (χ4v) is 1.92. The highest BCUT2D eigenvalue weighted by Gasteiger charge is 2.12. The molecular weight excluding hydrogens is 254 g/mol. The highest BCUT2D eigenvalue weighted by Crippen LogP contribution is 2.07. The molecule has 0 aromatic heterocycles. The van der Waals surface area contributed by atoms with Gasteiger partial charge < -0.3 is 15.8 Å². The molecule has 5 heteroatoms. The van der Waals surface area contributed by atoms with Crippen LogP contribution in [-0.2, 0) is 11.2 Å². The molecule has 0 aliphatic heterocycles. The third kappa shape index (κ3) is 5.30. The molecular formula is C15H23N3O2. The molecule has 0 saturated carbocycles. The van der Waals surface area contributed by atoms with Gasteiger partial charge in [0.15, 0.2) is 0 Å². The Hall–Kier alpha value is -2.04. The summed E-state index contributed by atoms with van der Waals surface area (Å²) in [6.07, 6.45) is 1.60. The molecule has 0 atom stereocenters. The Bertz CT molecular complexity index is 455. The van der Waals surface area contributed by atoms with Gasteiger partial charge in [-0.25, -0.2) is 0 Å². The number of nitrogens with zero attached hydrogens (tertiary/aromatic N) is 2. The molecule has 1 aromatic carbocycles. The van der Waals surface area contributed by atoms with Crippen LogP contribution < -0.4 is 5.73 Å². The first kappa shape index (κ1) is 16.0. The van der Waals surface area contributed by atoms with E-state index in [1.54, 1.807) is 4.90 Å². The van der Waals surface area contributed by atoms with Crippen molar-refractivity contribution in [1.29, 1.82) is 0 Å². The van der Waals surface area contributed by atoms with Crippen molar-refractivity contribution >= 4 is 11.7 Å². The van der Waals surface area contributed by atoms with E-state index < -0.39 is 0 Å². The molecule has 0 aliphatic carbocycles. The van der Waals surface area contributed by atoms with Gasteiger partial charge in [0.05, 0.1) is 0 Å². The lowest BCUT2D eigenvalue weighted by molar-refractivity contribution is -0.130. The molecule has 0 aliphatic rings. The van der Waals surface area contributed by atoms with Gasteiger partial charge >= 0.3 is 0 Å². The van der Waals surface area contributed by atoms with E-state index in [-0.39, 0.29) is 11.7 Å². The van der Waals surface area contributed by atoms with Gasteiger partial charge in [-0.3, -0.25) is 4.79 Å². The van der Waals surface area contributed by atoms with Gasteiger partial charge in [0.2, 0.25) is 5.91 Å². The molecule has 0 radical (unpaired) electrons. The Labute approximate surface area is 120 Å². The van der Waals surface area contributed by atoms with Crippen LogP contribution in [0.1, 0.15) is 30.9 Å². The second-order valence-electron chi connectivity index (χ2n) is 4.80. The van der Waals surface area contributed by atoms with Crippen LogP contribution in [0.4, 0.5) is 0 Å². The van der Waals surface area contributed by atoms with E-state index in [0.29, 0.717) is 25.9 Å². The molecule has 0 spiro atoms. The first-order chi connectivity index (χ1) is 9.56. The van der Waals surface area contributed by atoms with Crippen molar-refractivity contribution in [1.82, 2.24) is 4.90 Å². The van der Waals surface area contributed by atoms with Crippen molar-refractivity contribution in [3.63, 3.8) is 0 Å². The minimum atomic E-state index is 0.0961. The Kier molecular flexibility index (Phi) is 6.56. The summed E-state index contributed by atoms with van der Waals surface area (Å²) in [6.45, 7) is 5.08. The smallest absolute Gasteiger partial charge is 0.222 e. The van der Waals surface area contributed by atoms with Crippen molar-refractivity contribution in [3.05, 3.63) is 35.4 Å². The lowest BCUT2D eigenvalue weighted by atomic mass is 10.1. The van der Waals surface area contributed by atoms with Gasteiger partial charge in [-0.05, 0) is 25.8 Å². The first-order valence-electron chi connectivity index (χ1n) is 6.86. The molecule has 1 rings (SSSR count). The van der Waals surface area contributed by atoms with Crippen molar-refractivity contribution in [2.75, 3.05) is 13.1 Å². The van der Waals surface area contributed by atoms with E-state index in [2.05, 4.69) is 29.4 Å². The molecule has 1 amide bonds. The Balaban J connectivity index is 2.44. The SMILES string of the molecule is CCN(CCC(N)=NO)C(=O)CCc1ccc(C)cc1. The zero-order valence-electron chi connectivity index (χ0n) is 12.2. The van der Waals surface area contributed by atoms with Gasteiger partial charge in [-0.2, -0.15) is 0 Å². The molecule has 0 bridgehead atoms. The highest BCUT2D eigenvalue weighted by molar-refractivity contribution is 5.81. The number of nitrogens with two attached hydrogens (primary N) is 1. The van der Waals surface area contributed by atoms with Gasteiger partial charge in [0.25, 0.3) is 0 Å². The maximum atomic E-state index is 12.1. The predicted molar refractivity (Wildman–Crippen MR) is 79.8 cm³/mol. The molecule has 0 unspecified atom stereocenters. The van der Waals surface area contributed by atoms with Gasteiger partial charge in [-0.15, -0.1) is 0 Å². The lowest BCUT2D eigenvalue weighted by Crippen LogP contribution is -2.34. The number of hydrogen-bond donors (Lipinski definition) is 2. The van der Waals surface area contributed by atoms with Gasteiger partial charge in [0.1, 0.15) is 5.84 Å². The van der Waals surface area contributed by atoms with Crippen LogP contribution in [0.2, 0.25) is 0 Å². The van der Waals surface area contributed by atoms with E-state index in [0.717, 1.165) is 12.0 Å². The number of benzene rings is 1. The van der Waals surface area contributed by atoms with Crippen LogP contribution >= 0.6 is 0 Å². The minimum Gasteiger partial charge on any atom is -0.409 e. The van der Waals surface area contributed by atoms with Crippen molar-refractivity contribution in [3.8, 4) is 0 Å². The third-order valence-electron chi connectivity index (χ3n) is 3.25. The van der Waals surface area contributed by atoms with Crippen LogP contribution in [0.25, 0.3) is 0 Å². The third-order valence-corrected chi connectivity index (χ3v) is 3.25. The van der Waals surface area contributed by atoms with E-state index >= 15 is 0 Å². The molecule has 3 N–H and O–H groups in total. The zero-order valence-corrected chi connectivity index (χ0v) is 12.2. The van der Waals surface area contributed by atoms with Crippen LogP contribution in [0, 0.1) is 6.92 Å². The van der Waals surface area contributed by atoms with E-state index in [1.165, 1.54) is 5.56 Å². The summed E-state index contributed by atoms with van der Waals surface area (Å²) in [5.74, 6) is 0.244. The monoisotopic (exact) mass is 277 g/mol. The average Bonchev–Trinajstić information content (AvgIpc) is 2.47. The maximum Gasteiger partial charge on any atom is 0.222 e. The van der Waals surface area contributed by atoms with E-state index in [4.69, 9.17) is 10.9 Å². The second-order valence-corrected chi connectivity index (χ2v) is 4.80. The van der Waals surface area contributed by atoms with Crippen LogP contribution in [0.5, 0.6) is 0 Å². The van der Waals surface area contributed by atoms with Gasteiger partial charge in [0, 0.05) is 25.9 Å². The molecule has 0 heterocycles. The molecule has 110 valence electrons. The fourth-order valence-electron chi connectivity index (χ4n) is 1.92. The number of oxime groups is 1. The second kappa shape index (κ2) is 8.19. The number of hydrogen-bond acceptors (Lipinski definition) is 3. The number of amides is 1. The number of amidine groups is 1. The molecule has 1 aromatic rings. The van der Waals surface area contributed by atoms with Crippen molar-refractivity contribution in [2.45, 2.75) is 33.1 Å². The maximum absolute atomic E-state index is 12.1. The van der Waals surface area contributed by atoms with E-state index in [1.807, 2.05) is 13.8 Å². The number of aryl methyl sites for hydroxylation is 2. The van der Waals surface area contributed by atoms with E-state index in [9.17, 15) is 4.79 Å². The van der Waals surface area contributed by atoms with Crippen molar-refractivity contribution < 1.29 is 10.0 Å². The van der Waals surface area contributed by atoms with Crippen LogP contribution in [-0.4, -0.2) is 34.9 Å². The minimum absolute atomic E-state index is 0.0961. The largest absolute Gasteiger partial charge is 0.409 e. The summed E-state index contributed by atoms with van der Waals surface area (Å²) in [6, 6.07) is 8.20. The Morgan fingerprint density at radius 2 is 1.95 bits per heavy atom.